The minimum atomic E-state index is 0.677. The quantitative estimate of drug-likeness (QED) is 0.866. The Morgan fingerprint density at radius 2 is 2.29 bits per heavy atom. The van der Waals surface area contributed by atoms with Crippen LogP contribution >= 0.6 is 0 Å². The molecule has 94 valence electrons. The summed E-state index contributed by atoms with van der Waals surface area (Å²) in [6.45, 7) is 7.72. The summed E-state index contributed by atoms with van der Waals surface area (Å²) in [5.74, 6) is 1.01. The van der Waals surface area contributed by atoms with Crippen molar-refractivity contribution in [1.29, 1.82) is 0 Å². The maximum atomic E-state index is 4.48. The number of pyridine rings is 1. The zero-order chi connectivity index (χ0) is 12.1. The number of hydrogen-bond acceptors (Lipinski definition) is 3. The number of rotatable bonds is 4. The van der Waals surface area contributed by atoms with Crippen molar-refractivity contribution in [2.75, 3.05) is 25.0 Å². The Morgan fingerprint density at radius 3 is 3.06 bits per heavy atom. The van der Waals surface area contributed by atoms with Crippen molar-refractivity contribution < 1.29 is 0 Å². The van der Waals surface area contributed by atoms with Gasteiger partial charge in [-0.25, -0.2) is 4.98 Å². The van der Waals surface area contributed by atoms with Crippen LogP contribution in [-0.2, 0) is 0 Å². The maximum Gasteiger partial charge on any atom is 0.126 e. The third-order valence-corrected chi connectivity index (χ3v) is 3.56. The lowest BCUT2D eigenvalue weighted by Crippen LogP contribution is -2.43. The average Bonchev–Trinajstić information content (AvgIpc) is 2.37. The van der Waals surface area contributed by atoms with E-state index in [-0.39, 0.29) is 0 Å². The Balaban J connectivity index is 1.88. The van der Waals surface area contributed by atoms with Gasteiger partial charge in [0.25, 0.3) is 0 Å². The standard InChI is InChI=1S/C14H23N3/c1-3-17-10-5-4-8-13(17)11-15-14-9-6-7-12(2)16-14/h6-7,9,13H,3-5,8,10-11H2,1-2H3,(H,15,16). The predicted octanol–water partition coefficient (Wildman–Crippen LogP) is 2.68. The van der Waals surface area contributed by atoms with E-state index in [0.717, 1.165) is 24.6 Å². The number of nitrogens with zero attached hydrogens (tertiary/aromatic N) is 2. The molecular weight excluding hydrogens is 210 g/mol. The smallest absolute Gasteiger partial charge is 0.126 e. The lowest BCUT2D eigenvalue weighted by molar-refractivity contribution is 0.164. The zero-order valence-corrected chi connectivity index (χ0v) is 10.9. The van der Waals surface area contributed by atoms with Gasteiger partial charge in [0, 0.05) is 18.3 Å². The second-order valence-electron chi connectivity index (χ2n) is 4.82. The molecule has 3 nitrogen and oxygen atoms in total. The van der Waals surface area contributed by atoms with Crippen molar-refractivity contribution in [3.63, 3.8) is 0 Å². The number of aromatic nitrogens is 1. The Kier molecular flexibility index (Phi) is 4.37. The summed E-state index contributed by atoms with van der Waals surface area (Å²) in [6, 6.07) is 6.82. The van der Waals surface area contributed by atoms with Crippen LogP contribution < -0.4 is 5.32 Å². The van der Waals surface area contributed by atoms with Crippen LogP contribution in [0.1, 0.15) is 31.9 Å². The van der Waals surface area contributed by atoms with E-state index in [0.29, 0.717) is 6.04 Å². The van der Waals surface area contributed by atoms with E-state index >= 15 is 0 Å². The molecule has 2 heterocycles. The molecule has 0 bridgehead atoms. The molecule has 1 N–H and O–H groups in total. The normalized spacial score (nSPS) is 21.4. The van der Waals surface area contributed by atoms with Crippen LogP contribution in [0.2, 0.25) is 0 Å². The molecule has 0 radical (unpaired) electrons. The van der Waals surface area contributed by atoms with Gasteiger partial charge < -0.3 is 5.32 Å². The fraction of sp³-hybridized carbons (Fsp3) is 0.643. The van der Waals surface area contributed by atoms with Gasteiger partial charge in [-0.3, -0.25) is 4.90 Å². The molecular formula is C14H23N3. The van der Waals surface area contributed by atoms with Crippen LogP contribution in [0.3, 0.4) is 0 Å². The molecule has 1 aromatic heterocycles. The summed E-state index contributed by atoms with van der Waals surface area (Å²) >= 11 is 0. The monoisotopic (exact) mass is 233 g/mol. The Hall–Kier alpha value is -1.09. The predicted molar refractivity (Wildman–Crippen MR) is 72.3 cm³/mol. The van der Waals surface area contributed by atoms with Crippen LogP contribution in [0.15, 0.2) is 18.2 Å². The summed E-state index contributed by atoms with van der Waals surface area (Å²) in [4.78, 5) is 7.05. The van der Waals surface area contributed by atoms with Gasteiger partial charge in [0.15, 0.2) is 0 Å². The average molecular weight is 233 g/mol. The molecule has 1 unspecified atom stereocenters. The van der Waals surface area contributed by atoms with E-state index < -0.39 is 0 Å². The third kappa shape index (κ3) is 3.43. The molecule has 17 heavy (non-hydrogen) atoms. The molecule has 0 aromatic carbocycles. The van der Waals surface area contributed by atoms with Gasteiger partial charge in [-0.1, -0.05) is 19.4 Å². The first-order valence-corrected chi connectivity index (χ1v) is 6.71. The highest BCUT2D eigenvalue weighted by molar-refractivity contribution is 5.35. The fourth-order valence-corrected chi connectivity index (χ4v) is 2.57. The summed E-state index contributed by atoms with van der Waals surface area (Å²) in [6.07, 6.45) is 4.03. The summed E-state index contributed by atoms with van der Waals surface area (Å²) < 4.78 is 0. The third-order valence-electron chi connectivity index (χ3n) is 3.56. The van der Waals surface area contributed by atoms with Crippen molar-refractivity contribution in [3.8, 4) is 0 Å². The van der Waals surface area contributed by atoms with E-state index in [1.165, 1.54) is 25.8 Å². The molecule has 1 fully saturated rings. The molecule has 1 aromatic rings. The van der Waals surface area contributed by atoms with Gasteiger partial charge in [-0.05, 0) is 45.0 Å². The van der Waals surface area contributed by atoms with Gasteiger partial charge in [-0.2, -0.15) is 0 Å². The second-order valence-corrected chi connectivity index (χ2v) is 4.82. The molecule has 3 heteroatoms. The lowest BCUT2D eigenvalue weighted by Gasteiger charge is -2.35. The topological polar surface area (TPSA) is 28.2 Å². The Labute approximate surface area is 104 Å². The fourth-order valence-electron chi connectivity index (χ4n) is 2.57. The second kappa shape index (κ2) is 6.01. The maximum absolute atomic E-state index is 4.48. The van der Waals surface area contributed by atoms with Crippen LogP contribution in [0, 0.1) is 6.92 Å². The van der Waals surface area contributed by atoms with Crippen LogP contribution in [0.25, 0.3) is 0 Å². The first-order valence-electron chi connectivity index (χ1n) is 6.71. The molecule has 1 aliphatic rings. The van der Waals surface area contributed by atoms with Gasteiger partial charge in [0.05, 0.1) is 0 Å². The largest absolute Gasteiger partial charge is 0.368 e. The number of nitrogens with one attached hydrogen (secondary N) is 1. The molecule has 0 aliphatic carbocycles. The number of aryl methyl sites for hydroxylation is 1. The van der Waals surface area contributed by atoms with Gasteiger partial charge in [0.2, 0.25) is 0 Å². The summed E-state index contributed by atoms with van der Waals surface area (Å²) in [5, 5.41) is 3.47. The number of likely N-dealkylation sites (N-methyl/N-ethyl adjacent to an activating group) is 1. The molecule has 0 saturated carbocycles. The van der Waals surface area contributed by atoms with Crippen molar-refractivity contribution in [2.24, 2.45) is 0 Å². The SMILES string of the molecule is CCN1CCCCC1CNc1cccc(C)n1. The molecule has 0 spiro atoms. The van der Waals surface area contributed by atoms with Crippen molar-refractivity contribution in [2.45, 2.75) is 39.2 Å². The molecule has 0 amide bonds. The number of piperidine rings is 1. The minimum Gasteiger partial charge on any atom is -0.368 e. The van der Waals surface area contributed by atoms with E-state index in [1.807, 2.05) is 19.1 Å². The van der Waals surface area contributed by atoms with Gasteiger partial charge in [0.1, 0.15) is 5.82 Å². The van der Waals surface area contributed by atoms with Gasteiger partial charge >= 0.3 is 0 Å². The molecule has 1 saturated heterocycles. The highest BCUT2D eigenvalue weighted by Gasteiger charge is 2.20. The summed E-state index contributed by atoms with van der Waals surface area (Å²) in [5.41, 5.74) is 1.07. The van der Waals surface area contributed by atoms with E-state index in [1.54, 1.807) is 0 Å². The zero-order valence-electron chi connectivity index (χ0n) is 10.9. The highest BCUT2D eigenvalue weighted by Crippen LogP contribution is 2.17. The van der Waals surface area contributed by atoms with Crippen molar-refractivity contribution >= 4 is 5.82 Å². The number of hydrogen-bond donors (Lipinski definition) is 1. The Morgan fingerprint density at radius 1 is 1.41 bits per heavy atom. The van der Waals surface area contributed by atoms with Crippen molar-refractivity contribution in [3.05, 3.63) is 23.9 Å². The highest BCUT2D eigenvalue weighted by atomic mass is 15.2. The van der Waals surface area contributed by atoms with E-state index in [9.17, 15) is 0 Å². The number of likely N-dealkylation sites (tertiary alicyclic amines) is 1. The minimum absolute atomic E-state index is 0.677. The molecule has 2 rings (SSSR count). The van der Waals surface area contributed by atoms with Crippen LogP contribution in [0.4, 0.5) is 5.82 Å². The van der Waals surface area contributed by atoms with E-state index in [2.05, 4.69) is 28.2 Å². The van der Waals surface area contributed by atoms with Crippen LogP contribution in [0.5, 0.6) is 0 Å². The molecule has 1 aliphatic heterocycles. The Bertz CT molecular complexity index is 351. The lowest BCUT2D eigenvalue weighted by atomic mass is 10.0. The number of anilines is 1. The first kappa shape index (κ1) is 12.4. The summed E-state index contributed by atoms with van der Waals surface area (Å²) in [7, 11) is 0. The first-order chi connectivity index (χ1) is 8.29. The molecule has 1 atom stereocenters. The van der Waals surface area contributed by atoms with E-state index in [4.69, 9.17) is 0 Å². The van der Waals surface area contributed by atoms with Crippen molar-refractivity contribution in [1.82, 2.24) is 9.88 Å². The van der Waals surface area contributed by atoms with Crippen LogP contribution in [-0.4, -0.2) is 35.6 Å². The van der Waals surface area contributed by atoms with Gasteiger partial charge in [-0.15, -0.1) is 0 Å².